The van der Waals surface area contributed by atoms with E-state index in [-0.39, 0.29) is 0 Å². The first-order valence-electron chi connectivity index (χ1n) is 6.53. The summed E-state index contributed by atoms with van der Waals surface area (Å²) in [4.78, 5) is 4.74. The van der Waals surface area contributed by atoms with Gasteiger partial charge in [-0.25, -0.2) is 4.98 Å². The molecule has 2 aromatic heterocycles. The van der Waals surface area contributed by atoms with E-state index >= 15 is 0 Å². The third-order valence-electron chi connectivity index (χ3n) is 3.22. The van der Waals surface area contributed by atoms with Crippen molar-refractivity contribution in [3.05, 3.63) is 60.3 Å². The summed E-state index contributed by atoms with van der Waals surface area (Å²) in [5.41, 5.74) is 10.5. The maximum atomic E-state index is 5.81. The van der Waals surface area contributed by atoms with E-state index in [1.165, 1.54) is 0 Å². The Bertz CT molecular complexity index is 716. The second-order valence-electron chi connectivity index (χ2n) is 4.65. The van der Waals surface area contributed by atoms with Gasteiger partial charge in [-0.2, -0.15) is 5.10 Å². The SMILES string of the molecule is Cn1ccc(-c2nc(-c3ccccc3)ccc2CN)n1. The second-order valence-corrected chi connectivity index (χ2v) is 4.65. The third-order valence-corrected chi connectivity index (χ3v) is 3.22. The summed E-state index contributed by atoms with van der Waals surface area (Å²) < 4.78 is 1.77. The number of benzene rings is 1. The van der Waals surface area contributed by atoms with Gasteiger partial charge in [-0.15, -0.1) is 0 Å². The van der Waals surface area contributed by atoms with Crippen LogP contribution >= 0.6 is 0 Å². The molecule has 0 unspecified atom stereocenters. The maximum absolute atomic E-state index is 5.81. The Morgan fingerprint density at radius 1 is 1.00 bits per heavy atom. The number of rotatable bonds is 3. The first-order chi connectivity index (χ1) is 9.78. The smallest absolute Gasteiger partial charge is 0.111 e. The summed E-state index contributed by atoms with van der Waals surface area (Å²) in [6, 6.07) is 16.1. The quantitative estimate of drug-likeness (QED) is 0.791. The molecule has 4 heteroatoms. The number of hydrogen-bond donors (Lipinski definition) is 1. The highest BCUT2D eigenvalue weighted by atomic mass is 15.2. The van der Waals surface area contributed by atoms with E-state index in [0.717, 1.165) is 28.2 Å². The molecule has 3 rings (SSSR count). The van der Waals surface area contributed by atoms with Crippen molar-refractivity contribution >= 4 is 0 Å². The first kappa shape index (κ1) is 12.6. The van der Waals surface area contributed by atoms with Gasteiger partial charge in [0.05, 0.1) is 11.4 Å². The van der Waals surface area contributed by atoms with Crippen LogP contribution in [0.1, 0.15) is 5.56 Å². The van der Waals surface area contributed by atoms with Gasteiger partial charge in [0, 0.05) is 25.4 Å². The van der Waals surface area contributed by atoms with Crippen LogP contribution < -0.4 is 5.73 Å². The van der Waals surface area contributed by atoms with Crippen LogP contribution in [0.25, 0.3) is 22.6 Å². The summed E-state index contributed by atoms with van der Waals surface area (Å²) in [6.45, 7) is 0.452. The van der Waals surface area contributed by atoms with Crippen molar-refractivity contribution in [1.82, 2.24) is 14.8 Å². The maximum Gasteiger partial charge on any atom is 0.111 e. The number of aromatic nitrogens is 3. The topological polar surface area (TPSA) is 56.7 Å². The molecule has 0 atom stereocenters. The van der Waals surface area contributed by atoms with E-state index < -0.39 is 0 Å². The van der Waals surface area contributed by atoms with Crippen LogP contribution in [0.3, 0.4) is 0 Å². The van der Waals surface area contributed by atoms with Crippen molar-refractivity contribution in [2.45, 2.75) is 6.54 Å². The van der Waals surface area contributed by atoms with E-state index in [0.29, 0.717) is 6.54 Å². The van der Waals surface area contributed by atoms with Crippen LogP contribution in [0.2, 0.25) is 0 Å². The Balaban J connectivity index is 2.12. The fourth-order valence-corrected chi connectivity index (χ4v) is 2.19. The van der Waals surface area contributed by atoms with Crippen molar-refractivity contribution in [3.63, 3.8) is 0 Å². The molecular formula is C16H16N4. The number of pyridine rings is 1. The van der Waals surface area contributed by atoms with Crippen molar-refractivity contribution in [2.24, 2.45) is 12.8 Å². The van der Waals surface area contributed by atoms with E-state index in [2.05, 4.69) is 5.10 Å². The molecule has 0 saturated heterocycles. The van der Waals surface area contributed by atoms with Crippen molar-refractivity contribution in [3.8, 4) is 22.6 Å². The standard InChI is InChI=1S/C16H16N4/c1-20-10-9-15(19-20)16-13(11-17)7-8-14(18-16)12-5-3-2-4-6-12/h2-10H,11,17H2,1H3. The minimum Gasteiger partial charge on any atom is -0.326 e. The molecule has 1 aromatic carbocycles. The Hall–Kier alpha value is -2.46. The zero-order valence-corrected chi connectivity index (χ0v) is 11.3. The van der Waals surface area contributed by atoms with Crippen LogP contribution in [0, 0.1) is 0 Å². The molecule has 2 N–H and O–H groups in total. The summed E-state index contributed by atoms with van der Waals surface area (Å²) >= 11 is 0. The van der Waals surface area contributed by atoms with Crippen LogP contribution in [0.15, 0.2) is 54.7 Å². The van der Waals surface area contributed by atoms with Crippen LogP contribution in [0.4, 0.5) is 0 Å². The molecule has 4 nitrogen and oxygen atoms in total. The molecule has 0 spiro atoms. The lowest BCUT2D eigenvalue weighted by Gasteiger charge is -2.08. The Labute approximate surface area is 117 Å². The average Bonchev–Trinajstić information content (AvgIpc) is 2.94. The zero-order valence-electron chi connectivity index (χ0n) is 11.3. The molecule has 0 aliphatic carbocycles. The van der Waals surface area contributed by atoms with Gasteiger partial charge in [-0.05, 0) is 17.7 Å². The predicted molar refractivity (Wildman–Crippen MR) is 79.8 cm³/mol. The third kappa shape index (κ3) is 2.33. The van der Waals surface area contributed by atoms with E-state index in [9.17, 15) is 0 Å². The van der Waals surface area contributed by atoms with Gasteiger partial charge in [0.2, 0.25) is 0 Å². The summed E-state index contributed by atoms with van der Waals surface area (Å²) in [5, 5.41) is 4.42. The molecule has 20 heavy (non-hydrogen) atoms. The second kappa shape index (κ2) is 5.27. The Kier molecular flexibility index (Phi) is 3.31. The first-order valence-corrected chi connectivity index (χ1v) is 6.53. The number of nitrogens with two attached hydrogens (primary N) is 1. The van der Waals surface area contributed by atoms with Gasteiger partial charge in [-0.1, -0.05) is 36.4 Å². The monoisotopic (exact) mass is 264 g/mol. The van der Waals surface area contributed by atoms with Gasteiger partial charge in [-0.3, -0.25) is 4.68 Å². The summed E-state index contributed by atoms with van der Waals surface area (Å²) in [6.07, 6.45) is 1.91. The molecular weight excluding hydrogens is 248 g/mol. The van der Waals surface area contributed by atoms with Crippen molar-refractivity contribution < 1.29 is 0 Å². The Morgan fingerprint density at radius 2 is 1.80 bits per heavy atom. The highest BCUT2D eigenvalue weighted by Crippen LogP contribution is 2.24. The van der Waals surface area contributed by atoms with E-state index in [4.69, 9.17) is 10.7 Å². The Morgan fingerprint density at radius 3 is 2.45 bits per heavy atom. The lowest BCUT2D eigenvalue weighted by Crippen LogP contribution is -2.02. The molecule has 0 aliphatic rings. The van der Waals surface area contributed by atoms with Gasteiger partial charge >= 0.3 is 0 Å². The lowest BCUT2D eigenvalue weighted by molar-refractivity contribution is 0.769. The van der Waals surface area contributed by atoms with Gasteiger partial charge in [0.25, 0.3) is 0 Å². The molecule has 0 radical (unpaired) electrons. The average molecular weight is 264 g/mol. The van der Waals surface area contributed by atoms with E-state index in [1.54, 1.807) is 4.68 Å². The van der Waals surface area contributed by atoms with Crippen molar-refractivity contribution in [1.29, 1.82) is 0 Å². The number of hydrogen-bond acceptors (Lipinski definition) is 3. The van der Waals surface area contributed by atoms with Crippen LogP contribution in [0.5, 0.6) is 0 Å². The molecule has 100 valence electrons. The fourth-order valence-electron chi connectivity index (χ4n) is 2.19. The summed E-state index contributed by atoms with van der Waals surface area (Å²) in [5.74, 6) is 0. The number of nitrogens with zero attached hydrogens (tertiary/aromatic N) is 3. The molecule has 0 bridgehead atoms. The number of aryl methyl sites for hydroxylation is 1. The van der Waals surface area contributed by atoms with Gasteiger partial charge in [0.1, 0.15) is 5.69 Å². The molecule has 3 aromatic rings. The predicted octanol–water partition coefficient (Wildman–Crippen LogP) is 2.61. The highest BCUT2D eigenvalue weighted by molar-refractivity contribution is 5.66. The highest BCUT2D eigenvalue weighted by Gasteiger charge is 2.10. The normalized spacial score (nSPS) is 10.7. The largest absolute Gasteiger partial charge is 0.326 e. The van der Waals surface area contributed by atoms with Gasteiger partial charge in [0.15, 0.2) is 0 Å². The van der Waals surface area contributed by atoms with E-state index in [1.807, 2.05) is 61.8 Å². The molecule has 0 saturated carbocycles. The zero-order chi connectivity index (χ0) is 13.9. The summed E-state index contributed by atoms with van der Waals surface area (Å²) in [7, 11) is 1.90. The minimum absolute atomic E-state index is 0.452. The minimum atomic E-state index is 0.452. The molecule has 0 amide bonds. The molecule has 0 aliphatic heterocycles. The van der Waals surface area contributed by atoms with Crippen LogP contribution in [-0.4, -0.2) is 14.8 Å². The van der Waals surface area contributed by atoms with Crippen molar-refractivity contribution in [2.75, 3.05) is 0 Å². The van der Waals surface area contributed by atoms with Gasteiger partial charge < -0.3 is 5.73 Å². The molecule has 0 fully saturated rings. The molecule has 2 heterocycles. The van der Waals surface area contributed by atoms with Crippen LogP contribution in [-0.2, 0) is 13.6 Å². The fraction of sp³-hybridized carbons (Fsp3) is 0.125. The lowest BCUT2D eigenvalue weighted by atomic mass is 10.1.